The third-order valence-corrected chi connectivity index (χ3v) is 4.90. The molecule has 4 nitrogen and oxygen atoms in total. The highest BCUT2D eigenvalue weighted by atomic mass is 127. The summed E-state index contributed by atoms with van der Waals surface area (Å²) in [5.74, 6) is 0.514. The van der Waals surface area contributed by atoms with Crippen LogP contribution < -0.4 is 10.1 Å². The topological polar surface area (TPSA) is 41.6 Å². The fourth-order valence-electron chi connectivity index (χ4n) is 2.19. The molecule has 19 heavy (non-hydrogen) atoms. The number of carbonyl (C=O) groups is 1. The molecule has 1 fully saturated rings. The summed E-state index contributed by atoms with van der Waals surface area (Å²) in [6.45, 7) is 1.79. The second-order valence-electron chi connectivity index (χ2n) is 4.53. The Kier molecular flexibility index (Phi) is 4.92. The number of nitrogens with one attached hydrogen (secondary N) is 1. The van der Waals surface area contributed by atoms with E-state index in [-0.39, 0.29) is 11.9 Å². The highest BCUT2D eigenvalue weighted by Gasteiger charge is 2.26. The van der Waals surface area contributed by atoms with Gasteiger partial charge in [-0.3, -0.25) is 4.79 Å². The molecule has 2 rings (SSSR count). The van der Waals surface area contributed by atoms with Crippen LogP contribution in [0.4, 0.5) is 0 Å². The van der Waals surface area contributed by atoms with Crippen molar-refractivity contribution >= 4 is 40.1 Å². The molecule has 1 unspecified atom stereocenters. The van der Waals surface area contributed by atoms with E-state index in [9.17, 15) is 4.79 Å². The van der Waals surface area contributed by atoms with Crippen LogP contribution in [0.3, 0.4) is 0 Å². The fourth-order valence-corrected chi connectivity index (χ4v) is 2.79. The molecule has 0 saturated carbocycles. The predicted octanol–water partition coefficient (Wildman–Crippen LogP) is 2.39. The molecule has 104 valence electrons. The van der Waals surface area contributed by atoms with Crippen LogP contribution in [0.1, 0.15) is 16.8 Å². The number of carbonyl (C=O) groups excluding carboxylic acids is 1. The Hall–Kier alpha value is -0.530. The van der Waals surface area contributed by atoms with E-state index in [1.165, 1.54) is 0 Å². The van der Waals surface area contributed by atoms with Crippen molar-refractivity contribution in [2.24, 2.45) is 0 Å². The van der Waals surface area contributed by atoms with Gasteiger partial charge in [0.2, 0.25) is 0 Å². The molecular weight excluding hydrogens is 379 g/mol. The zero-order valence-electron chi connectivity index (χ0n) is 10.9. The van der Waals surface area contributed by atoms with Gasteiger partial charge in [0.1, 0.15) is 5.75 Å². The lowest BCUT2D eigenvalue weighted by molar-refractivity contribution is 0.0740. The van der Waals surface area contributed by atoms with Gasteiger partial charge in [-0.05, 0) is 47.7 Å². The number of amides is 1. The summed E-state index contributed by atoms with van der Waals surface area (Å²) in [4.78, 5) is 14.3. The number of rotatable bonds is 3. The van der Waals surface area contributed by atoms with Crippen molar-refractivity contribution in [3.05, 3.63) is 26.3 Å². The molecule has 1 aliphatic heterocycles. The van der Waals surface area contributed by atoms with Crippen LogP contribution in [-0.4, -0.2) is 44.1 Å². The molecular formula is C13H16ClIN2O2. The SMILES string of the molecule is COc1cc(I)c(Cl)cc1C(=O)N(C)C1CCNC1. The molecule has 0 bridgehead atoms. The Bertz CT molecular complexity index is 490. The highest BCUT2D eigenvalue weighted by Crippen LogP contribution is 2.29. The molecule has 1 aromatic rings. The van der Waals surface area contributed by atoms with Crippen LogP contribution in [0.5, 0.6) is 5.75 Å². The quantitative estimate of drug-likeness (QED) is 0.801. The third-order valence-electron chi connectivity index (χ3n) is 3.38. The van der Waals surface area contributed by atoms with E-state index in [4.69, 9.17) is 16.3 Å². The van der Waals surface area contributed by atoms with E-state index >= 15 is 0 Å². The molecule has 0 aromatic heterocycles. The first kappa shape index (κ1) is 14.9. The number of ether oxygens (including phenoxy) is 1. The molecule has 1 saturated heterocycles. The monoisotopic (exact) mass is 394 g/mol. The van der Waals surface area contributed by atoms with Crippen molar-refractivity contribution in [1.29, 1.82) is 0 Å². The maximum Gasteiger partial charge on any atom is 0.257 e. The number of likely N-dealkylation sites (N-methyl/N-ethyl adjacent to an activating group) is 1. The van der Waals surface area contributed by atoms with Crippen molar-refractivity contribution in [1.82, 2.24) is 10.2 Å². The standard InChI is InChI=1S/C13H16ClIN2O2/c1-17(8-3-4-16-7-8)13(18)9-5-10(14)11(15)6-12(9)19-2/h5-6,8,16H,3-4,7H2,1-2H3. The average molecular weight is 395 g/mol. The van der Waals surface area contributed by atoms with Crippen LogP contribution in [0.2, 0.25) is 5.02 Å². The van der Waals surface area contributed by atoms with Crippen LogP contribution in [0, 0.1) is 3.57 Å². The molecule has 1 atom stereocenters. The minimum Gasteiger partial charge on any atom is -0.496 e. The molecule has 0 radical (unpaired) electrons. The molecule has 1 aliphatic rings. The third kappa shape index (κ3) is 3.14. The van der Waals surface area contributed by atoms with E-state index in [0.29, 0.717) is 16.3 Å². The Labute approximate surface area is 131 Å². The molecule has 6 heteroatoms. The fraction of sp³-hybridized carbons (Fsp3) is 0.462. The molecule has 1 heterocycles. The van der Waals surface area contributed by atoms with Gasteiger partial charge in [0.15, 0.2) is 0 Å². The van der Waals surface area contributed by atoms with Gasteiger partial charge in [-0.15, -0.1) is 0 Å². The van der Waals surface area contributed by atoms with Gasteiger partial charge in [-0.25, -0.2) is 0 Å². The predicted molar refractivity (Wildman–Crippen MR) is 84.1 cm³/mol. The maximum absolute atomic E-state index is 12.5. The van der Waals surface area contributed by atoms with Crippen LogP contribution in [0.15, 0.2) is 12.1 Å². The van der Waals surface area contributed by atoms with Gasteiger partial charge in [-0.1, -0.05) is 11.6 Å². The second kappa shape index (κ2) is 6.28. The number of benzene rings is 1. The summed E-state index contributed by atoms with van der Waals surface area (Å²) in [6.07, 6.45) is 0.975. The average Bonchev–Trinajstić information content (AvgIpc) is 2.93. The largest absolute Gasteiger partial charge is 0.496 e. The van der Waals surface area contributed by atoms with Gasteiger partial charge in [0.25, 0.3) is 5.91 Å². The Morgan fingerprint density at radius 2 is 2.32 bits per heavy atom. The first-order valence-electron chi connectivity index (χ1n) is 6.05. The lowest BCUT2D eigenvalue weighted by atomic mass is 10.1. The van der Waals surface area contributed by atoms with E-state index < -0.39 is 0 Å². The van der Waals surface area contributed by atoms with Crippen molar-refractivity contribution in [2.45, 2.75) is 12.5 Å². The number of hydrogen-bond acceptors (Lipinski definition) is 3. The van der Waals surface area contributed by atoms with Crippen LogP contribution in [0.25, 0.3) is 0 Å². The maximum atomic E-state index is 12.5. The number of hydrogen-bond donors (Lipinski definition) is 1. The summed E-state index contributed by atoms with van der Waals surface area (Å²) in [7, 11) is 3.39. The highest BCUT2D eigenvalue weighted by molar-refractivity contribution is 14.1. The van der Waals surface area contributed by atoms with Crippen molar-refractivity contribution in [2.75, 3.05) is 27.2 Å². The van der Waals surface area contributed by atoms with E-state index in [2.05, 4.69) is 27.9 Å². The van der Waals surface area contributed by atoms with Crippen LogP contribution in [-0.2, 0) is 0 Å². The summed E-state index contributed by atoms with van der Waals surface area (Å²) in [6, 6.07) is 3.70. The molecule has 1 aromatic carbocycles. The minimum absolute atomic E-state index is 0.0520. The first-order chi connectivity index (χ1) is 9.04. The van der Waals surface area contributed by atoms with Crippen molar-refractivity contribution in [3.8, 4) is 5.75 Å². The number of methoxy groups -OCH3 is 1. The molecule has 0 aliphatic carbocycles. The molecule has 1 N–H and O–H groups in total. The lowest BCUT2D eigenvalue weighted by Crippen LogP contribution is -2.38. The van der Waals surface area contributed by atoms with Crippen molar-refractivity contribution in [3.63, 3.8) is 0 Å². The molecule has 0 spiro atoms. The van der Waals surface area contributed by atoms with E-state index in [0.717, 1.165) is 23.1 Å². The Morgan fingerprint density at radius 3 is 2.89 bits per heavy atom. The van der Waals surface area contributed by atoms with Gasteiger partial charge in [0.05, 0.1) is 17.7 Å². The van der Waals surface area contributed by atoms with Gasteiger partial charge >= 0.3 is 0 Å². The summed E-state index contributed by atoms with van der Waals surface area (Å²) >= 11 is 8.23. The normalized spacial score (nSPS) is 18.4. The molecule has 1 amide bonds. The van der Waals surface area contributed by atoms with Crippen LogP contribution >= 0.6 is 34.2 Å². The van der Waals surface area contributed by atoms with Gasteiger partial charge < -0.3 is 15.0 Å². The second-order valence-corrected chi connectivity index (χ2v) is 6.10. The zero-order chi connectivity index (χ0) is 14.0. The first-order valence-corrected chi connectivity index (χ1v) is 7.51. The minimum atomic E-state index is -0.0520. The van der Waals surface area contributed by atoms with Gasteiger partial charge in [-0.2, -0.15) is 0 Å². The Morgan fingerprint density at radius 1 is 1.58 bits per heavy atom. The van der Waals surface area contributed by atoms with Crippen molar-refractivity contribution < 1.29 is 9.53 Å². The Balaban J connectivity index is 2.29. The summed E-state index contributed by atoms with van der Waals surface area (Å²) in [5, 5.41) is 3.83. The number of nitrogens with zero attached hydrogens (tertiary/aromatic N) is 1. The van der Waals surface area contributed by atoms with Gasteiger partial charge in [0, 0.05) is 23.2 Å². The summed E-state index contributed by atoms with van der Waals surface area (Å²) in [5.41, 5.74) is 0.516. The van der Waals surface area contributed by atoms with E-state index in [1.807, 2.05) is 7.05 Å². The zero-order valence-corrected chi connectivity index (χ0v) is 13.8. The van der Waals surface area contributed by atoms with E-state index in [1.54, 1.807) is 24.1 Å². The number of halogens is 2. The smallest absolute Gasteiger partial charge is 0.257 e. The summed E-state index contributed by atoms with van der Waals surface area (Å²) < 4.78 is 6.16. The lowest BCUT2D eigenvalue weighted by Gasteiger charge is -2.24.